The van der Waals surface area contributed by atoms with Crippen molar-refractivity contribution in [1.82, 2.24) is 5.32 Å². The number of aryl methyl sites for hydroxylation is 1. The van der Waals surface area contributed by atoms with Gasteiger partial charge in [-0.2, -0.15) is 5.26 Å². The van der Waals surface area contributed by atoms with Gasteiger partial charge in [0, 0.05) is 10.6 Å². The molecule has 0 aliphatic rings. The molecule has 0 bridgehead atoms. The molecule has 3 rings (SSSR count). The molecule has 140 valence electrons. The highest BCUT2D eigenvalue weighted by atomic mass is 32.2. The number of hydrogen-bond donors (Lipinski definition) is 1. The summed E-state index contributed by atoms with van der Waals surface area (Å²) in [4.78, 5) is 13.8. The van der Waals surface area contributed by atoms with E-state index in [1.54, 1.807) is 11.8 Å². The lowest BCUT2D eigenvalue weighted by Gasteiger charge is -2.17. The number of amides is 1. The van der Waals surface area contributed by atoms with Gasteiger partial charge in [-0.15, -0.1) is 11.8 Å². The van der Waals surface area contributed by atoms with Crippen LogP contribution in [0.3, 0.4) is 0 Å². The Morgan fingerprint density at radius 3 is 2.43 bits per heavy atom. The number of nitriles is 1. The van der Waals surface area contributed by atoms with Crippen molar-refractivity contribution in [2.45, 2.75) is 30.5 Å². The van der Waals surface area contributed by atoms with Gasteiger partial charge < -0.3 is 5.32 Å². The molecule has 0 spiro atoms. The minimum Gasteiger partial charge on any atom is -0.345 e. The van der Waals surface area contributed by atoms with Crippen molar-refractivity contribution in [3.8, 4) is 6.07 Å². The third-order valence-corrected chi connectivity index (χ3v) is 5.76. The lowest BCUT2D eigenvalue weighted by atomic mass is 10.0. The molecule has 1 unspecified atom stereocenters. The second kappa shape index (κ2) is 9.25. The number of carbonyl (C=O) groups is 1. The van der Waals surface area contributed by atoms with Crippen molar-refractivity contribution in [3.63, 3.8) is 0 Å². The summed E-state index contributed by atoms with van der Waals surface area (Å²) in [6.45, 7) is 4.06. The highest BCUT2D eigenvalue weighted by Gasteiger charge is 2.16. The van der Waals surface area contributed by atoms with Crippen molar-refractivity contribution in [1.29, 1.82) is 5.26 Å². The minimum atomic E-state index is -0.0707. The second-order valence-electron chi connectivity index (χ2n) is 6.65. The number of rotatable bonds is 6. The molecule has 3 nitrogen and oxygen atoms in total. The fourth-order valence-corrected chi connectivity index (χ4v) is 4.05. The zero-order valence-corrected chi connectivity index (χ0v) is 16.8. The number of nitrogens with zero attached hydrogens (tertiary/aromatic N) is 1. The summed E-state index contributed by atoms with van der Waals surface area (Å²) in [6.07, 6.45) is 0. The Morgan fingerprint density at radius 2 is 1.71 bits per heavy atom. The summed E-state index contributed by atoms with van der Waals surface area (Å²) in [5, 5.41) is 12.0. The second-order valence-corrected chi connectivity index (χ2v) is 7.66. The van der Waals surface area contributed by atoms with Crippen molar-refractivity contribution in [2.24, 2.45) is 0 Å². The lowest BCUT2D eigenvalue weighted by molar-refractivity contribution is 0.0937. The first-order valence-electron chi connectivity index (χ1n) is 9.15. The molecule has 3 aromatic rings. The topological polar surface area (TPSA) is 52.9 Å². The van der Waals surface area contributed by atoms with E-state index in [1.807, 2.05) is 73.7 Å². The molecule has 0 fully saturated rings. The maximum Gasteiger partial charge on any atom is 0.252 e. The van der Waals surface area contributed by atoms with Crippen LogP contribution in [0.25, 0.3) is 0 Å². The van der Waals surface area contributed by atoms with Crippen LogP contribution in [-0.2, 0) is 5.75 Å². The maximum absolute atomic E-state index is 12.9. The SMILES string of the molecule is Cc1ccccc1C(C)NC(=O)c1ccccc1SCc1ccc(C#N)cc1. The monoisotopic (exact) mass is 386 g/mol. The van der Waals surface area contributed by atoms with E-state index in [4.69, 9.17) is 5.26 Å². The molecular formula is C24H22N2OS. The Hall–Kier alpha value is -3.03. The quantitative estimate of drug-likeness (QED) is 0.557. The number of hydrogen-bond acceptors (Lipinski definition) is 3. The van der Waals surface area contributed by atoms with Crippen molar-refractivity contribution < 1.29 is 4.79 Å². The number of carbonyl (C=O) groups excluding carboxylic acids is 1. The van der Waals surface area contributed by atoms with Gasteiger partial charge >= 0.3 is 0 Å². The zero-order chi connectivity index (χ0) is 19.9. The van der Waals surface area contributed by atoms with E-state index in [9.17, 15) is 4.79 Å². The smallest absolute Gasteiger partial charge is 0.252 e. The molecule has 0 saturated carbocycles. The van der Waals surface area contributed by atoms with Gasteiger partial charge in [-0.3, -0.25) is 4.79 Å². The Kier molecular flexibility index (Phi) is 6.52. The molecule has 0 saturated heterocycles. The van der Waals surface area contributed by atoms with Crippen LogP contribution in [0.2, 0.25) is 0 Å². The van der Waals surface area contributed by atoms with Gasteiger partial charge in [-0.25, -0.2) is 0 Å². The van der Waals surface area contributed by atoms with Gasteiger partial charge in [0.15, 0.2) is 0 Å². The molecule has 28 heavy (non-hydrogen) atoms. The van der Waals surface area contributed by atoms with E-state index in [-0.39, 0.29) is 11.9 Å². The Labute approximate surface area is 170 Å². The maximum atomic E-state index is 12.9. The molecule has 1 N–H and O–H groups in total. The van der Waals surface area contributed by atoms with Gasteiger partial charge in [-0.05, 0) is 54.8 Å². The molecule has 0 aliphatic carbocycles. The van der Waals surface area contributed by atoms with Crippen LogP contribution in [0, 0.1) is 18.3 Å². The third-order valence-electron chi connectivity index (χ3n) is 4.61. The van der Waals surface area contributed by atoms with E-state index < -0.39 is 0 Å². The van der Waals surface area contributed by atoms with Gasteiger partial charge in [0.2, 0.25) is 0 Å². The zero-order valence-electron chi connectivity index (χ0n) is 16.0. The predicted octanol–water partition coefficient (Wildman–Crippen LogP) is 5.65. The normalized spacial score (nSPS) is 11.5. The van der Waals surface area contributed by atoms with Crippen molar-refractivity contribution >= 4 is 17.7 Å². The predicted molar refractivity (Wildman–Crippen MR) is 114 cm³/mol. The van der Waals surface area contributed by atoms with E-state index in [0.29, 0.717) is 11.1 Å². The van der Waals surface area contributed by atoms with Crippen LogP contribution in [0.15, 0.2) is 77.7 Å². The summed E-state index contributed by atoms with van der Waals surface area (Å²) < 4.78 is 0. The third kappa shape index (κ3) is 4.82. The number of benzene rings is 3. The Balaban J connectivity index is 1.71. The van der Waals surface area contributed by atoms with Crippen LogP contribution in [-0.4, -0.2) is 5.91 Å². The number of nitrogens with one attached hydrogen (secondary N) is 1. The molecular weight excluding hydrogens is 364 g/mol. The van der Waals surface area contributed by atoms with Crippen molar-refractivity contribution in [3.05, 3.63) is 101 Å². The first-order chi connectivity index (χ1) is 13.6. The Bertz CT molecular complexity index is 1010. The van der Waals surface area contributed by atoms with Crippen LogP contribution >= 0.6 is 11.8 Å². The summed E-state index contributed by atoms with van der Waals surface area (Å²) in [5.41, 5.74) is 4.74. The fourth-order valence-electron chi connectivity index (χ4n) is 3.04. The van der Waals surface area contributed by atoms with Crippen LogP contribution in [0.4, 0.5) is 0 Å². The van der Waals surface area contributed by atoms with E-state index in [1.165, 1.54) is 5.56 Å². The van der Waals surface area contributed by atoms with Gasteiger partial charge in [0.25, 0.3) is 5.91 Å². The highest BCUT2D eigenvalue weighted by Crippen LogP contribution is 2.27. The van der Waals surface area contributed by atoms with Gasteiger partial charge in [-0.1, -0.05) is 48.5 Å². The van der Waals surface area contributed by atoms with Gasteiger partial charge in [0.05, 0.1) is 23.2 Å². The molecule has 0 aliphatic heterocycles. The van der Waals surface area contributed by atoms with Gasteiger partial charge in [0.1, 0.15) is 0 Å². The molecule has 0 aromatic heterocycles. The molecule has 1 atom stereocenters. The van der Waals surface area contributed by atoms with Crippen LogP contribution in [0.5, 0.6) is 0 Å². The number of thioether (sulfide) groups is 1. The van der Waals surface area contributed by atoms with Crippen LogP contribution < -0.4 is 5.32 Å². The summed E-state index contributed by atoms with van der Waals surface area (Å²) >= 11 is 1.62. The average molecular weight is 387 g/mol. The summed E-state index contributed by atoms with van der Waals surface area (Å²) in [6, 6.07) is 25.4. The standard InChI is InChI=1S/C24H22N2OS/c1-17-7-3-4-8-21(17)18(2)26-24(27)22-9-5-6-10-23(22)28-16-20-13-11-19(15-25)12-14-20/h3-14,18H,16H2,1-2H3,(H,26,27). The van der Waals surface area contributed by atoms with E-state index in [0.717, 1.165) is 21.8 Å². The molecule has 1 amide bonds. The Morgan fingerprint density at radius 1 is 1.04 bits per heavy atom. The van der Waals surface area contributed by atoms with Crippen LogP contribution in [0.1, 0.15) is 45.6 Å². The summed E-state index contributed by atoms with van der Waals surface area (Å²) in [7, 11) is 0. The fraction of sp³-hybridized carbons (Fsp3) is 0.167. The molecule has 0 radical (unpaired) electrons. The average Bonchev–Trinajstić information content (AvgIpc) is 2.73. The van der Waals surface area contributed by atoms with E-state index >= 15 is 0 Å². The molecule has 3 aromatic carbocycles. The lowest BCUT2D eigenvalue weighted by Crippen LogP contribution is -2.27. The minimum absolute atomic E-state index is 0.0646. The van der Waals surface area contributed by atoms with Crippen molar-refractivity contribution in [2.75, 3.05) is 0 Å². The highest BCUT2D eigenvalue weighted by molar-refractivity contribution is 7.98. The summed E-state index contributed by atoms with van der Waals surface area (Å²) in [5.74, 6) is 0.669. The largest absolute Gasteiger partial charge is 0.345 e. The first-order valence-corrected chi connectivity index (χ1v) is 10.1. The molecule has 0 heterocycles. The first kappa shape index (κ1) is 19.7. The molecule has 4 heteroatoms. The van der Waals surface area contributed by atoms with E-state index in [2.05, 4.69) is 24.4 Å².